The summed E-state index contributed by atoms with van der Waals surface area (Å²) in [6.07, 6.45) is 6.61. The van der Waals surface area contributed by atoms with Gasteiger partial charge >= 0.3 is 0 Å². The number of nitrogens with zero attached hydrogens (tertiary/aromatic N) is 2. The maximum Gasteiger partial charge on any atom is 0.0710 e. The van der Waals surface area contributed by atoms with E-state index < -0.39 is 0 Å². The van der Waals surface area contributed by atoms with Crippen LogP contribution in [0.2, 0.25) is 0 Å². The highest BCUT2D eigenvalue weighted by molar-refractivity contribution is 5.11. The van der Waals surface area contributed by atoms with E-state index in [9.17, 15) is 5.11 Å². The largest absolute Gasteiger partial charge is 0.391 e. The molecule has 2 fully saturated rings. The lowest BCUT2D eigenvalue weighted by Crippen LogP contribution is -2.38. The summed E-state index contributed by atoms with van der Waals surface area (Å²) in [6.45, 7) is 3.56. The lowest BCUT2D eigenvalue weighted by molar-refractivity contribution is 0.0377. The van der Waals surface area contributed by atoms with Gasteiger partial charge in [0.05, 0.1) is 6.10 Å². The van der Waals surface area contributed by atoms with E-state index in [1.165, 1.54) is 5.56 Å². The number of aliphatic hydroxyl groups excluding tert-OH is 1. The molecule has 1 aromatic heterocycles. The van der Waals surface area contributed by atoms with E-state index in [2.05, 4.69) is 9.88 Å². The molecule has 0 aliphatic carbocycles. The van der Waals surface area contributed by atoms with Gasteiger partial charge in [0.25, 0.3) is 0 Å². The Morgan fingerprint density at radius 2 is 1.95 bits per heavy atom. The maximum atomic E-state index is 10.3. The first-order chi connectivity index (χ1) is 9.33. The molecule has 104 valence electrons. The maximum absolute atomic E-state index is 10.3. The zero-order valence-electron chi connectivity index (χ0n) is 11.2. The van der Waals surface area contributed by atoms with Gasteiger partial charge in [-0.15, -0.1) is 0 Å². The molecule has 0 saturated carbocycles. The highest BCUT2D eigenvalue weighted by Gasteiger charge is 2.35. The number of hydrogen-bond acceptors (Lipinski definition) is 4. The molecular weight excluding hydrogens is 240 g/mol. The van der Waals surface area contributed by atoms with Crippen LogP contribution in [0.4, 0.5) is 0 Å². The number of pyridine rings is 1. The average Bonchev–Trinajstić information content (AvgIpc) is 2.82. The normalized spacial score (nSPS) is 29.7. The van der Waals surface area contributed by atoms with Crippen molar-refractivity contribution in [1.82, 2.24) is 9.88 Å². The van der Waals surface area contributed by atoms with Crippen LogP contribution in [0, 0.1) is 5.92 Å². The number of ether oxygens (including phenoxy) is 1. The van der Waals surface area contributed by atoms with Crippen LogP contribution in [0.1, 0.15) is 18.4 Å². The molecule has 0 bridgehead atoms. The smallest absolute Gasteiger partial charge is 0.0710 e. The molecule has 3 rings (SSSR count). The van der Waals surface area contributed by atoms with Crippen molar-refractivity contribution in [2.45, 2.75) is 31.4 Å². The third-order valence-electron chi connectivity index (χ3n) is 4.39. The van der Waals surface area contributed by atoms with Crippen LogP contribution < -0.4 is 0 Å². The summed E-state index contributed by atoms with van der Waals surface area (Å²) in [7, 11) is 0. The molecule has 0 spiro atoms. The van der Waals surface area contributed by atoms with Crippen molar-refractivity contribution in [3.8, 4) is 0 Å². The monoisotopic (exact) mass is 262 g/mol. The van der Waals surface area contributed by atoms with E-state index in [1.807, 2.05) is 24.5 Å². The number of aromatic nitrogens is 1. The fraction of sp³-hybridized carbons (Fsp3) is 0.667. The minimum absolute atomic E-state index is 0.198. The number of hydrogen-bond donors (Lipinski definition) is 1. The van der Waals surface area contributed by atoms with Gasteiger partial charge in [0.15, 0.2) is 0 Å². The zero-order valence-corrected chi connectivity index (χ0v) is 11.2. The Morgan fingerprint density at radius 3 is 2.68 bits per heavy atom. The van der Waals surface area contributed by atoms with E-state index in [-0.39, 0.29) is 6.10 Å². The third-order valence-corrected chi connectivity index (χ3v) is 4.39. The Balaban J connectivity index is 1.58. The van der Waals surface area contributed by atoms with Crippen LogP contribution >= 0.6 is 0 Å². The van der Waals surface area contributed by atoms with Gasteiger partial charge < -0.3 is 9.84 Å². The average molecular weight is 262 g/mol. The van der Waals surface area contributed by atoms with E-state index in [1.54, 1.807) is 0 Å². The Labute approximate surface area is 114 Å². The van der Waals surface area contributed by atoms with Crippen LogP contribution in [-0.2, 0) is 11.2 Å². The van der Waals surface area contributed by atoms with Crippen LogP contribution in [-0.4, -0.2) is 53.4 Å². The minimum Gasteiger partial charge on any atom is -0.391 e. The molecule has 2 aliphatic heterocycles. The summed E-state index contributed by atoms with van der Waals surface area (Å²) in [4.78, 5) is 6.50. The van der Waals surface area contributed by atoms with E-state index in [0.717, 1.165) is 45.6 Å². The number of β-amino-alcohol motifs (C(OH)–C–C–N with tert-alkyl or cyclic N) is 1. The molecule has 4 heteroatoms. The zero-order chi connectivity index (χ0) is 13.1. The van der Waals surface area contributed by atoms with Gasteiger partial charge in [-0.2, -0.15) is 0 Å². The molecule has 2 aliphatic rings. The highest BCUT2D eigenvalue weighted by Crippen LogP contribution is 2.26. The molecule has 0 radical (unpaired) electrons. The summed E-state index contributed by atoms with van der Waals surface area (Å²) in [6, 6.07) is 4.69. The van der Waals surface area contributed by atoms with Gasteiger partial charge in [-0.05, 0) is 37.0 Å². The summed E-state index contributed by atoms with van der Waals surface area (Å²) in [5, 5.41) is 10.3. The SMILES string of the molecule is O[C@H]1CN(C2CCOCC2)C[C@H]1Cc1ccncc1. The lowest BCUT2D eigenvalue weighted by Gasteiger charge is -2.30. The standard InChI is InChI=1S/C15H22N2O2/c18-15-11-17(14-3-7-19-8-4-14)10-13(15)9-12-1-5-16-6-2-12/h1-2,5-6,13-15,18H,3-4,7-11H2/t13-,15+/m1/s1. The van der Waals surface area contributed by atoms with Gasteiger partial charge in [0.2, 0.25) is 0 Å². The highest BCUT2D eigenvalue weighted by atomic mass is 16.5. The predicted molar refractivity (Wildman–Crippen MR) is 72.9 cm³/mol. The van der Waals surface area contributed by atoms with E-state index in [0.29, 0.717) is 12.0 Å². The van der Waals surface area contributed by atoms with Gasteiger partial charge in [-0.25, -0.2) is 0 Å². The summed E-state index contributed by atoms with van der Waals surface area (Å²) >= 11 is 0. The van der Waals surface area contributed by atoms with Crippen LogP contribution in [0.3, 0.4) is 0 Å². The molecule has 4 nitrogen and oxygen atoms in total. The number of rotatable bonds is 3. The van der Waals surface area contributed by atoms with Gasteiger partial charge in [-0.1, -0.05) is 0 Å². The van der Waals surface area contributed by atoms with E-state index >= 15 is 0 Å². The topological polar surface area (TPSA) is 45.6 Å². The van der Waals surface area contributed by atoms with Crippen molar-refractivity contribution < 1.29 is 9.84 Å². The molecule has 2 saturated heterocycles. The second-order valence-corrected chi connectivity index (χ2v) is 5.68. The fourth-order valence-corrected chi connectivity index (χ4v) is 3.26. The molecule has 1 N–H and O–H groups in total. The van der Waals surface area contributed by atoms with Gasteiger partial charge in [0.1, 0.15) is 0 Å². The number of aliphatic hydroxyl groups is 1. The Hall–Kier alpha value is -0.970. The molecule has 3 heterocycles. The Morgan fingerprint density at radius 1 is 1.21 bits per heavy atom. The van der Waals surface area contributed by atoms with Crippen molar-refractivity contribution in [1.29, 1.82) is 0 Å². The summed E-state index contributed by atoms with van der Waals surface area (Å²) in [5.41, 5.74) is 1.27. The molecule has 0 aromatic carbocycles. The molecule has 0 unspecified atom stereocenters. The van der Waals surface area contributed by atoms with Crippen LogP contribution in [0.15, 0.2) is 24.5 Å². The van der Waals surface area contributed by atoms with Gasteiger partial charge in [-0.3, -0.25) is 9.88 Å². The minimum atomic E-state index is -0.198. The fourth-order valence-electron chi connectivity index (χ4n) is 3.26. The van der Waals surface area contributed by atoms with E-state index in [4.69, 9.17) is 4.74 Å². The second kappa shape index (κ2) is 5.99. The van der Waals surface area contributed by atoms with Crippen molar-refractivity contribution in [3.05, 3.63) is 30.1 Å². The predicted octanol–water partition coefficient (Wildman–Crippen LogP) is 1.10. The van der Waals surface area contributed by atoms with Crippen LogP contribution in [0.5, 0.6) is 0 Å². The second-order valence-electron chi connectivity index (χ2n) is 5.68. The van der Waals surface area contributed by atoms with Crippen molar-refractivity contribution in [2.24, 2.45) is 5.92 Å². The molecule has 1 aromatic rings. The molecular formula is C15H22N2O2. The van der Waals surface area contributed by atoms with Crippen molar-refractivity contribution >= 4 is 0 Å². The number of likely N-dealkylation sites (tertiary alicyclic amines) is 1. The van der Waals surface area contributed by atoms with Crippen molar-refractivity contribution in [3.63, 3.8) is 0 Å². The van der Waals surface area contributed by atoms with Crippen molar-refractivity contribution in [2.75, 3.05) is 26.3 Å². The van der Waals surface area contributed by atoms with Gasteiger partial charge in [0, 0.05) is 50.7 Å². The third kappa shape index (κ3) is 3.14. The van der Waals surface area contributed by atoms with Crippen LogP contribution in [0.25, 0.3) is 0 Å². The molecule has 2 atom stereocenters. The lowest BCUT2D eigenvalue weighted by atomic mass is 9.97. The molecule has 0 amide bonds. The summed E-state index contributed by atoms with van der Waals surface area (Å²) < 4.78 is 5.41. The Kier molecular flexibility index (Phi) is 4.11. The molecule has 19 heavy (non-hydrogen) atoms. The summed E-state index contributed by atoms with van der Waals surface area (Å²) in [5.74, 6) is 0.352. The first kappa shape index (κ1) is 13.0. The first-order valence-corrected chi connectivity index (χ1v) is 7.21. The Bertz CT molecular complexity index is 392. The first-order valence-electron chi connectivity index (χ1n) is 7.21. The quantitative estimate of drug-likeness (QED) is 0.886.